The third-order valence-electron chi connectivity index (χ3n) is 3.82. The van der Waals surface area contributed by atoms with Gasteiger partial charge in [-0.25, -0.2) is 0 Å². The van der Waals surface area contributed by atoms with Gasteiger partial charge in [-0.3, -0.25) is 4.79 Å². The van der Waals surface area contributed by atoms with E-state index in [0.29, 0.717) is 6.42 Å². The quantitative estimate of drug-likeness (QED) is 0.255. The Bertz CT molecular complexity index is 292. The van der Waals surface area contributed by atoms with E-state index in [-0.39, 0.29) is 6.42 Å². The number of carboxylic acids is 1. The van der Waals surface area contributed by atoms with Crippen molar-refractivity contribution in [2.75, 3.05) is 0 Å². The van der Waals surface area contributed by atoms with E-state index >= 15 is 0 Å². The van der Waals surface area contributed by atoms with Crippen LogP contribution >= 0.6 is 0 Å². The summed E-state index contributed by atoms with van der Waals surface area (Å²) >= 11 is 0. The SMILES string of the molecule is CCCC/C=C\CCCCCCCCC/C=C/CCC(=O)O. The van der Waals surface area contributed by atoms with Crippen LogP contribution in [0.5, 0.6) is 0 Å². The summed E-state index contributed by atoms with van der Waals surface area (Å²) in [5.74, 6) is -0.707. The standard InChI is InChI=1S/C20H36O2/c1-2-3-4-5-6-7-8-9-10-11-12-13-14-15-16-17-18-19-20(21)22/h5-6,16-17H,2-4,7-15,18-19H2,1H3,(H,21,22)/b6-5-,17-16+. The normalized spacial score (nSPS) is 11.7. The smallest absolute Gasteiger partial charge is 0.303 e. The van der Waals surface area contributed by atoms with E-state index in [2.05, 4.69) is 25.2 Å². The molecule has 0 unspecified atom stereocenters. The molecule has 0 heterocycles. The van der Waals surface area contributed by atoms with E-state index in [1.807, 2.05) is 6.08 Å². The lowest BCUT2D eigenvalue weighted by atomic mass is 10.1. The molecule has 0 rings (SSSR count). The minimum atomic E-state index is -0.707. The van der Waals surface area contributed by atoms with Crippen molar-refractivity contribution in [3.8, 4) is 0 Å². The first-order valence-corrected chi connectivity index (χ1v) is 9.29. The molecule has 2 nitrogen and oxygen atoms in total. The fraction of sp³-hybridized carbons (Fsp3) is 0.750. The van der Waals surface area contributed by atoms with Crippen LogP contribution in [0.15, 0.2) is 24.3 Å². The largest absolute Gasteiger partial charge is 0.481 e. The maximum atomic E-state index is 10.3. The molecule has 0 saturated carbocycles. The van der Waals surface area contributed by atoms with E-state index in [1.54, 1.807) is 0 Å². The summed E-state index contributed by atoms with van der Waals surface area (Å²) in [5, 5.41) is 8.50. The molecule has 0 saturated heterocycles. The molecule has 0 atom stereocenters. The molecule has 0 fully saturated rings. The monoisotopic (exact) mass is 308 g/mol. The fourth-order valence-electron chi connectivity index (χ4n) is 2.41. The van der Waals surface area contributed by atoms with Crippen molar-refractivity contribution in [2.24, 2.45) is 0 Å². The van der Waals surface area contributed by atoms with Crippen molar-refractivity contribution in [2.45, 2.75) is 96.8 Å². The highest BCUT2D eigenvalue weighted by Crippen LogP contribution is 2.10. The average molecular weight is 309 g/mol. The van der Waals surface area contributed by atoms with Gasteiger partial charge in [0.25, 0.3) is 0 Å². The Balaban J connectivity index is 3.11. The van der Waals surface area contributed by atoms with Crippen LogP contribution in [0, 0.1) is 0 Å². The molecule has 0 aliphatic rings. The molecule has 128 valence electrons. The van der Waals surface area contributed by atoms with Gasteiger partial charge in [0, 0.05) is 6.42 Å². The van der Waals surface area contributed by atoms with Crippen LogP contribution < -0.4 is 0 Å². The summed E-state index contributed by atoms with van der Waals surface area (Å²) in [4.78, 5) is 10.3. The Morgan fingerprint density at radius 3 is 1.55 bits per heavy atom. The molecular weight excluding hydrogens is 272 g/mol. The number of rotatable bonds is 16. The highest BCUT2D eigenvalue weighted by Gasteiger charge is 1.92. The summed E-state index contributed by atoms with van der Waals surface area (Å²) in [7, 11) is 0. The van der Waals surface area contributed by atoms with Crippen LogP contribution in [0.25, 0.3) is 0 Å². The molecular formula is C20H36O2. The van der Waals surface area contributed by atoms with E-state index < -0.39 is 5.97 Å². The van der Waals surface area contributed by atoms with Crippen molar-refractivity contribution in [1.29, 1.82) is 0 Å². The Labute approximate surface area is 137 Å². The topological polar surface area (TPSA) is 37.3 Å². The second-order valence-electron chi connectivity index (χ2n) is 6.07. The molecule has 0 aliphatic heterocycles. The van der Waals surface area contributed by atoms with Crippen LogP contribution in [0.2, 0.25) is 0 Å². The zero-order valence-electron chi connectivity index (χ0n) is 14.6. The van der Waals surface area contributed by atoms with Crippen LogP contribution in [0.4, 0.5) is 0 Å². The maximum absolute atomic E-state index is 10.3. The Morgan fingerprint density at radius 1 is 0.682 bits per heavy atom. The van der Waals surface area contributed by atoms with Crippen LogP contribution in [0.3, 0.4) is 0 Å². The van der Waals surface area contributed by atoms with Gasteiger partial charge in [-0.15, -0.1) is 0 Å². The van der Waals surface area contributed by atoms with Crippen molar-refractivity contribution >= 4 is 5.97 Å². The molecule has 0 amide bonds. The fourth-order valence-corrected chi connectivity index (χ4v) is 2.41. The van der Waals surface area contributed by atoms with E-state index in [1.165, 1.54) is 70.6 Å². The molecule has 0 radical (unpaired) electrons. The Hall–Kier alpha value is -1.05. The van der Waals surface area contributed by atoms with Crippen molar-refractivity contribution < 1.29 is 9.90 Å². The molecule has 0 aromatic heterocycles. The van der Waals surface area contributed by atoms with E-state index in [4.69, 9.17) is 5.11 Å². The van der Waals surface area contributed by atoms with E-state index in [0.717, 1.165) is 6.42 Å². The predicted molar refractivity (Wildman–Crippen MR) is 96.2 cm³/mol. The third kappa shape index (κ3) is 18.9. The summed E-state index contributed by atoms with van der Waals surface area (Å²) in [6.45, 7) is 2.24. The minimum Gasteiger partial charge on any atom is -0.481 e. The molecule has 0 aliphatic carbocycles. The van der Waals surface area contributed by atoms with Gasteiger partial charge in [-0.2, -0.15) is 0 Å². The van der Waals surface area contributed by atoms with Crippen LogP contribution in [-0.2, 0) is 4.79 Å². The van der Waals surface area contributed by atoms with Crippen molar-refractivity contribution in [3.05, 3.63) is 24.3 Å². The van der Waals surface area contributed by atoms with Gasteiger partial charge >= 0.3 is 5.97 Å². The van der Waals surface area contributed by atoms with Crippen LogP contribution in [0.1, 0.15) is 96.8 Å². The van der Waals surface area contributed by atoms with Gasteiger partial charge < -0.3 is 5.11 Å². The van der Waals surface area contributed by atoms with Crippen molar-refractivity contribution in [3.63, 3.8) is 0 Å². The zero-order valence-corrected chi connectivity index (χ0v) is 14.6. The number of allylic oxidation sites excluding steroid dienone is 4. The molecule has 2 heteroatoms. The second-order valence-corrected chi connectivity index (χ2v) is 6.07. The molecule has 0 spiro atoms. The number of aliphatic carboxylic acids is 1. The highest BCUT2D eigenvalue weighted by atomic mass is 16.4. The number of hydrogen-bond donors (Lipinski definition) is 1. The van der Waals surface area contributed by atoms with Crippen molar-refractivity contribution in [1.82, 2.24) is 0 Å². The van der Waals surface area contributed by atoms with Gasteiger partial charge in [-0.05, 0) is 38.5 Å². The lowest BCUT2D eigenvalue weighted by Crippen LogP contribution is -1.91. The average Bonchev–Trinajstić information content (AvgIpc) is 2.50. The zero-order chi connectivity index (χ0) is 16.3. The maximum Gasteiger partial charge on any atom is 0.303 e. The highest BCUT2D eigenvalue weighted by molar-refractivity contribution is 5.66. The summed E-state index contributed by atoms with van der Waals surface area (Å²) in [6, 6.07) is 0. The number of hydrogen-bond acceptors (Lipinski definition) is 1. The summed E-state index contributed by atoms with van der Waals surface area (Å²) < 4.78 is 0. The van der Waals surface area contributed by atoms with Gasteiger partial charge in [-0.1, -0.05) is 76.2 Å². The molecule has 1 N–H and O–H groups in total. The third-order valence-corrected chi connectivity index (χ3v) is 3.82. The van der Waals surface area contributed by atoms with Crippen LogP contribution in [-0.4, -0.2) is 11.1 Å². The molecule has 0 bridgehead atoms. The molecule has 22 heavy (non-hydrogen) atoms. The Morgan fingerprint density at radius 2 is 1.09 bits per heavy atom. The Kier molecular flexibility index (Phi) is 17.1. The lowest BCUT2D eigenvalue weighted by Gasteiger charge is -2.00. The van der Waals surface area contributed by atoms with Gasteiger partial charge in [0.15, 0.2) is 0 Å². The van der Waals surface area contributed by atoms with Gasteiger partial charge in [0.1, 0.15) is 0 Å². The second kappa shape index (κ2) is 18.0. The van der Waals surface area contributed by atoms with E-state index in [9.17, 15) is 4.79 Å². The first-order valence-electron chi connectivity index (χ1n) is 9.29. The first-order chi connectivity index (χ1) is 10.8. The number of carboxylic acid groups (broad SMARTS) is 1. The number of carbonyl (C=O) groups is 1. The lowest BCUT2D eigenvalue weighted by molar-refractivity contribution is -0.136. The summed E-state index contributed by atoms with van der Waals surface area (Å²) in [6.07, 6.45) is 25.3. The molecule has 0 aromatic rings. The summed E-state index contributed by atoms with van der Waals surface area (Å²) in [5.41, 5.74) is 0. The minimum absolute atomic E-state index is 0.254. The van der Waals surface area contributed by atoms with Gasteiger partial charge in [0.05, 0.1) is 0 Å². The predicted octanol–water partition coefficient (Wildman–Crippen LogP) is 6.66. The first kappa shape index (κ1) is 20.9. The molecule has 0 aromatic carbocycles. The number of unbranched alkanes of at least 4 members (excludes halogenated alkanes) is 10. The van der Waals surface area contributed by atoms with Gasteiger partial charge in [0.2, 0.25) is 0 Å².